The molecule has 2 aliphatic rings. The van der Waals surface area contributed by atoms with E-state index in [-0.39, 0.29) is 0 Å². The maximum atomic E-state index is 5.77. The molecule has 1 aromatic rings. The monoisotopic (exact) mass is 216 g/mol. The zero-order valence-electron chi connectivity index (χ0n) is 9.68. The highest BCUT2D eigenvalue weighted by atomic mass is 15.2. The summed E-state index contributed by atoms with van der Waals surface area (Å²) in [6.07, 6.45) is 1.37. The van der Waals surface area contributed by atoms with E-state index in [4.69, 9.17) is 5.73 Å². The van der Waals surface area contributed by atoms with Crippen LogP contribution in [-0.4, -0.2) is 24.5 Å². The van der Waals surface area contributed by atoms with Gasteiger partial charge in [0.1, 0.15) is 0 Å². The Balaban J connectivity index is 1.59. The minimum atomic E-state index is 0.811. The van der Waals surface area contributed by atoms with Crippen molar-refractivity contribution in [2.24, 2.45) is 23.5 Å². The number of nitrogens with two attached hydrogens (primary N) is 1. The first-order valence-corrected chi connectivity index (χ1v) is 6.33. The zero-order chi connectivity index (χ0) is 11.0. The van der Waals surface area contributed by atoms with Crippen molar-refractivity contribution in [2.75, 3.05) is 19.6 Å². The van der Waals surface area contributed by atoms with Crippen LogP contribution in [0.2, 0.25) is 0 Å². The van der Waals surface area contributed by atoms with Crippen molar-refractivity contribution < 1.29 is 0 Å². The molecular formula is C14H20N2. The predicted octanol–water partition coefficient (Wildman–Crippen LogP) is 1.71. The Morgan fingerprint density at radius 3 is 2.75 bits per heavy atom. The molecule has 3 atom stereocenters. The first-order chi connectivity index (χ1) is 7.86. The molecule has 1 saturated carbocycles. The summed E-state index contributed by atoms with van der Waals surface area (Å²) in [5.41, 5.74) is 7.21. The average molecular weight is 216 g/mol. The van der Waals surface area contributed by atoms with E-state index in [0.717, 1.165) is 30.8 Å². The van der Waals surface area contributed by atoms with Crippen molar-refractivity contribution in [1.82, 2.24) is 4.90 Å². The maximum Gasteiger partial charge on any atom is 0.0233 e. The van der Waals surface area contributed by atoms with E-state index in [1.807, 2.05) is 0 Å². The molecule has 2 fully saturated rings. The van der Waals surface area contributed by atoms with Gasteiger partial charge in [-0.1, -0.05) is 30.3 Å². The molecule has 1 aromatic carbocycles. The van der Waals surface area contributed by atoms with Gasteiger partial charge in [-0.05, 0) is 36.3 Å². The van der Waals surface area contributed by atoms with E-state index >= 15 is 0 Å². The van der Waals surface area contributed by atoms with Crippen LogP contribution in [-0.2, 0) is 6.54 Å². The molecule has 0 amide bonds. The van der Waals surface area contributed by atoms with E-state index in [9.17, 15) is 0 Å². The van der Waals surface area contributed by atoms with Crippen molar-refractivity contribution in [3.05, 3.63) is 35.9 Å². The third-order valence-corrected chi connectivity index (χ3v) is 4.33. The molecule has 0 aromatic heterocycles. The minimum absolute atomic E-state index is 0.811. The predicted molar refractivity (Wildman–Crippen MR) is 65.9 cm³/mol. The van der Waals surface area contributed by atoms with E-state index in [2.05, 4.69) is 35.2 Å². The lowest BCUT2D eigenvalue weighted by molar-refractivity contribution is 0.129. The summed E-state index contributed by atoms with van der Waals surface area (Å²) in [6.45, 7) is 4.56. The second-order valence-corrected chi connectivity index (χ2v) is 5.34. The van der Waals surface area contributed by atoms with E-state index < -0.39 is 0 Å². The Labute approximate surface area is 97.4 Å². The van der Waals surface area contributed by atoms with Gasteiger partial charge in [0.05, 0.1) is 0 Å². The molecule has 16 heavy (non-hydrogen) atoms. The van der Waals surface area contributed by atoms with Crippen LogP contribution in [0.4, 0.5) is 0 Å². The first kappa shape index (κ1) is 10.3. The SMILES string of the molecule is NC[C@@H]1C[C@H]2CN(Cc3ccccc3)C[C@@H]12. The molecule has 0 bridgehead atoms. The molecule has 1 saturated heterocycles. The van der Waals surface area contributed by atoms with Crippen molar-refractivity contribution in [1.29, 1.82) is 0 Å². The lowest BCUT2D eigenvalue weighted by Gasteiger charge is -2.38. The van der Waals surface area contributed by atoms with Crippen molar-refractivity contribution in [3.63, 3.8) is 0 Å². The summed E-state index contributed by atoms with van der Waals surface area (Å²) in [5.74, 6) is 2.65. The van der Waals surface area contributed by atoms with Gasteiger partial charge in [-0.15, -0.1) is 0 Å². The highest BCUT2D eigenvalue weighted by molar-refractivity contribution is 5.15. The molecule has 3 rings (SSSR count). The fourth-order valence-corrected chi connectivity index (χ4v) is 3.38. The fourth-order valence-electron chi connectivity index (χ4n) is 3.38. The highest BCUT2D eigenvalue weighted by Gasteiger charge is 2.45. The Kier molecular flexibility index (Phi) is 2.70. The molecule has 2 heteroatoms. The normalized spacial score (nSPS) is 33.4. The van der Waals surface area contributed by atoms with Gasteiger partial charge in [0.15, 0.2) is 0 Å². The molecule has 0 unspecified atom stereocenters. The Bertz CT molecular complexity index is 349. The lowest BCUT2D eigenvalue weighted by atomic mass is 9.67. The lowest BCUT2D eigenvalue weighted by Crippen LogP contribution is -2.39. The van der Waals surface area contributed by atoms with Crippen LogP contribution >= 0.6 is 0 Å². The van der Waals surface area contributed by atoms with Crippen molar-refractivity contribution in [3.8, 4) is 0 Å². The third kappa shape index (κ3) is 1.76. The largest absolute Gasteiger partial charge is 0.330 e. The summed E-state index contributed by atoms with van der Waals surface area (Å²) in [4.78, 5) is 2.60. The van der Waals surface area contributed by atoms with Crippen LogP contribution < -0.4 is 5.73 Å². The topological polar surface area (TPSA) is 29.3 Å². The van der Waals surface area contributed by atoms with Gasteiger partial charge in [0.25, 0.3) is 0 Å². The van der Waals surface area contributed by atoms with Crippen LogP contribution in [0.3, 0.4) is 0 Å². The number of nitrogens with zero attached hydrogens (tertiary/aromatic N) is 1. The summed E-state index contributed by atoms with van der Waals surface area (Å²) in [6, 6.07) is 10.8. The number of hydrogen-bond acceptors (Lipinski definition) is 2. The van der Waals surface area contributed by atoms with Gasteiger partial charge >= 0.3 is 0 Å². The summed E-state index contributed by atoms with van der Waals surface area (Å²) < 4.78 is 0. The van der Waals surface area contributed by atoms with E-state index in [1.165, 1.54) is 25.1 Å². The first-order valence-electron chi connectivity index (χ1n) is 6.33. The number of benzene rings is 1. The Hall–Kier alpha value is -0.860. The quantitative estimate of drug-likeness (QED) is 0.833. The zero-order valence-corrected chi connectivity index (χ0v) is 9.68. The summed E-state index contributed by atoms with van der Waals surface area (Å²) in [5, 5.41) is 0. The van der Waals surface area contributed by atoms with Crippen LogP contribution in [0.15, 0.2) is 30.3 Å². The van der Waals surface area contributed by atoms with Crippen LogP contribution in [0.25, 0.3) is 0 Å². The maximum absolute atomic E-state index is 5.77. The average Bonchev–Trinajstić information content (AvgIpc) is 2.60. The van der Waals surface area contributed by atoms with Crippen LogP contribution in [0, 0.1) is 17.8 Å². The van der Waals surface area contributed by atoms with Gasteiger partial charge in [0, 0.05) is 19.6 Å². The standard InChI is InChI=1S/C14H20N2/c15-7-12-6-13-9-16(10-14(12)13)8-11-4-2-1-3-5-11/h1-5,12-14H,6-10,15H2/t12-,13-,14-/m0/s1. The molecular weight excluding hydrogens is 196 g/mol. The minimum Gasteiger partial charge on any atom is -0.330 e. The molecule has 1 heterocycles. The number of fused-ring (bicyclic) bond motifs is 1. The second-order valence-electron chi connectivity index (χ2n) is 5.34. The van der Waals surface area contributed by atoms with Gasteiger partial charge in [0.2, 0.25) is 0 Å². The summed E-state index contributed by atoms with van der Waals surface area (Å²) >= 11 is 0. The molecule has 0 radical (unpaired) electrons. The van der Waals surface area contributed by atoms with Crippen LogP contribution in [0.5, 0.6) is 0 Å². The molecule has 2 nitrogen and oxygen atoms in total. The smallest absolute Gasteiger partial charge is 0.0233 e. The molecule has 86 valence electrons. The second kappa shape index (κ2) is 4.19. The van der Waals surface area contributed by atoms with Gasteiger partial charge in [-0.3, -0.25) is 4.90 Å². The van der Waals surface area contributed by atoms with Gasteiger partial charge in [-0.2, -0.15) is 0 Å². The number of rotatable bonds is 3. The van der Waals surface area contributed by atoms with Gasteiger partial charge < -0.3 is 5.73 Å². The van der Waals surface area contributed by atoms with Crippen LogP contribution in [0.1, 0.15) is 12.0 Å². The van der Waals surface area contributed by atoms with Gasteiger partial charge in [-0.25, -0.2) is 0 Å². The van der Waals surface area contributed by atoms with E-state index in [1.54, 1.807) is 0 Å². The highest BCUT2D eigenvalue weighted by Crippen LogP contribution is 2.45. The Morgan fingerprint density at radius 1 is 1.19 bits per heavy atom. The molecule has 2 N–H and O–H groups in total. The number of likely N-dealkylation sites (tertiary alicyclic amines) is 1. The molecule has 1 aliphatic carbocycles. The molecule has 0 spiro atoms. The number of hydrogen-bond donors (Lipinski definition) is 1. The fraction of sp³-hybridized carbons (Fsp3) is 0.571. The third-order valence-electron chi connectivity index (χ3n) is 4.33. The van der Waals surface area contributed by atoms with Crippen molar-refractivity contribution >= 4 is 0 Å². The van der Waals surface area contributed by atoms with Crippen molar-refractivity contribution in [2.45, 2.75) is 13.0 Å². The molecule has 1 aliphatic heterocycles. The summed E-state index contributed by atoms with van der Waals surface area (Å²) in [7, 11) is 0. The van der Waals surface area contributed by atoms with E-state index in [0.29, 0.717) is 0 Å². The Morgan fingerprint density at radius 2 is 2.00 bits per heavy atom.